The van der Waals surface area contributed by atoms with Gasteiger partial charge < -0.3 is 14.4 Å². The molecule has 2 aliphatic heterocycles. The number of nitrogens with zero attached hydrogens (tertiary/aromatic N) is 3. The van der Waals surface area contributed by atoms with Gasteiger partial charge in [-0.2, -0.15) is 0 Å². The molecule has 0 aliphatic carbocycles. The first-order valence-corrected chi connectivity index (χ1v) is 35.3. The average Bonchev–Trinajstić information content (AvgIpc) is 0.728. The normalized spacial score (nSPS) is 12.6. The molecule has 17 rings (SSSR count). The van der Waals surface area contributed by atoms with Gasteiger partial charge in [-0.15, -0.1) is 0 Å². The molecule has 0 bridgehead atoms. The molecule has 90 heavy (non-hydrogen) atoms. The van der Waals surface area contributed by atoms with Crippen molar-refractivity contribution in [3.05, 3.63) is 364 Å². The summed E-state index contributed by atoms with van der Waals surface area (Å²) >= 11 is 0. The fourth-order valence-electron chi connectivity index (χ4n) is 15.6. The molecular formula is C84H60BN3Si2. The highest BCUT2D eigenvalue weighted by molar-refractivity contribution is 7.21. The van der Waals surface area contributed by atoms with E-state index in [1.54, 1.807) is 0 Å². The number of aromatic nitrogens is 1. The smallest absolute Gasteiger partial charge is 0.252 e. The molecule has 0 atom stereocenters. The first kappa shape index (κ1) is 53.2. The maximum absolute atomic E-state index is 3.21. The Bertz CT molecular complexity index is 4900. The molecule has 3 heterocycles. The molecule has 0 radical (unpaired) electrons. The molecule has 0 saturated carbocycles. The Morgan fingerprint density at radius 1 is 0.233 bits per heavy atom. The predicted molar refractivity (Wildman–Crippen MR) is 387 cm³/mol. The van der Waals surface area contributed by atoms with E-state index in [1.807, 2.05) is 0 Å². The molecule has 422 valence electrons. The Morgan fingerprint density at radius 3 is 1.00 bits per heavy atom. The van der Waals surface area contributed by atoms with Gasteiger partial charge in [0, 0.05) is 44.9 Å². The van der Waals surface area contributed by atoms with E-state index >= 15 is 0 Å². The third-order valence-electron chi connectivity index (χ3n) is 19.2. The minimum absolute atomic E-state index is 0.149. The van der Waals surface area contributed by atoms with Crippen LogP contribution in [0.25, 0.3) is 38.6 Å². The van der Waals surface area contributed by atoms with E-state index in [1.165, 1.54) is 85.5 Å². The van der Waals surface area contributed by atoms with Crippen LogP contribution in [0.1, 0.15) is 0 Å². The quantitative estimate of drug-likeness (QED) is 0.0892. The standard InChI is InChI=1S/C84H60BN3Si2/c1-8-32-61(33-9-1)62-56-57-73-79(58-62)88(78-53-29-31-55-83(78)90(67-40-16-5-17-41-67,68-42-18-6-19-43-68)69-44-20-7-21-45-69)81-60-63(86-74-49-25-22-46-70(74)71-47-23-26-50-75(71)86)59-80-84(81)85(73)72-48-24-27-51-76(72)87(80)77-52-28-30-54-82(77)89(64-34-10-2-11-35-64,65-36-12-3-13-37-65)66-38-14-4-15-39-66/h1-60H. The largest absolute Gasteiger partial charge is 0.311 e. The van der Waals surface area contributed by atoms with Crippen LogP contribution in [0.4, 0.5) is 34.1 Å². The summed E-state index contributed by atoms with van der Waals surface area (Å²) in [5.41, 5.74) is 16.5. The Morgan fingerprint density at radius 2 is 0.567 bits per heavy atom. The van der Waals surface area contributed by atoms with Crippen molar-refractivity contribution in [1.29, 1.82) is 0 Å². The molecule has 6 heteroatoms. The van der Waals surface area contributed by atoms with E-state index < -0.39 is 16.1 Å². The van der Waals surface area contributed by atoms with Gasteiger partial charge in [-0.3, -0.25) is 0 Å². The number of hydrogen-bond donors (Lipinski definition) is 0. The lowest BCUT2D eigenvalue weighted by molar-refractivity contribution is 1.16. The number of hydrogen-bond acceptors (Lipinski definition) is 2. The van der Waals surface area contributed by atoms with Crippen LogP contribution in [0.2, 0.25) is 0 Å². The van der Waals surface area contributed by atoms with Crippen molar-refractivity contribution in [1.82, 2.24) is 4.57 Å². The van der Waals surface area contributed by atoms with Gasteiger partial charge in [0.25, 0.3) is 6.71 Å². The first-order valence-electron chi connectivity index (χ1n) is 31.3. The Hall–Kier alpha value is -11.0. The van der Waals surface area contributed by atoms with Gasteiger partial charge in [-0.05, 0) is 118 Å². The average molecular weight is 1180 g/mol. The number of para-hydroxylation sites is 5. The van der Waals surface area contributed by atoms with Crippen molar-refractivity contribution in [3.63, 3.8) is 0 Å². The van der Waals surface area contributed by atoms with Gasteiger partial charge in [0.2, 0.25) is 0 Å². The van der Waals surface area contributed by atoms with Gasteiger partial charge in [0.05, 0.1) is 16.7 Å². The number of anilines is 6. The van der Waals surface area contributed by atoms with Crippen molar-refractivity contribution in [2.75, 3.05) is 9.80 Å². The van der Waals surface area contributed by atoms with Crippen molar-refractivity contribution in [2.24, 2.45) is 0 Å². The Kier molecular flexibility index (Phi) is 13.0. The third kappa shape index (κ3) is 8.19. The van der Waals surface area contributed by atoms with Crippen LogP contribution in [0.3, 0.4) is 0 Å². The van der Waals surface area contributed by atoms with Crippen LogP contribution in [0.5, 0.6) is 0 Å². The number of rotatable bonds is 12. The van der Waals surface area contributed by atoms with E-state index in [9.17, 15) is 0 Å². The van der Waals surface area contributed by atoms with Crippen LogP contribution in [-0.2, 0) is 0 Å². The van der Waals surface area contributed by atoms with Crippen molar-refractivity contribution >= 4 is 137 Å². The zero-order valence-electron chi connectivity index (χ0n) is 49.6. The fraction of sp³-hybridized carbons (Fsp3) is 0. The molecule has 0 spiro atoms. The van der Waals surface area contributed by atoms with E-state index in [-0.39, 0.29) is 6.71 Å². The second-order valence-electron chi connectivity index (χ2n) is 23.8. The lowest BCUT2D eigenvalue weighted by Gasteiger charge is -2.47. The molecular weight excluding hydrogens is 1120 g/mol. The van der Waals surface area contributed by atoms with Gasteiger partial charge in [0.15, 0.2) is 16.1 Å². The van der Waals surface area contributed by atoms with Crippen LogP contribution in [-0.4, -0.2) is 27.4 Å². The summed E-state index contributed by atoms with van der Waals surface area (Å²) < 4.78 is 2.54. The molecule has 3 nitrogen and oxygen atoms in total. The highest BCUT2D eigenvalue weighted by Crippen LogP contribution is 2.47. The van der Waals surface area contributed by atoms with Gasteiger partial charge >= 0.3 is 0 Å². The molecule has 0 N–H and O–H groups in total. The monoisotopic (exact) mass is 1180 g/mol. The molecule has 0 fully saturated rings. The molecule has 14 aromatic carbocycles. The molecule has 0 saturated heterocycles. The van der Waals surface area contributed by atoms with Crippen molar-refractivity contribution < 1.29 is 0 Å². The highest BCUT2D eigenvalue weighted by Gasteiger charge is 2.50. The minimum Gasteiger partial charge on any atom is -0.311 e. The zero-order chi connectivity index (χ0) is 59.6. The SMILES string of the molecule is c1ccc(-c2ccc3c(c2)N(c2ccccc2[Si](c2ccccc2)(c2ccccc2)c2ccccc2)c2cc(-n4c5ccccc5c5ccccc54)cc4c2B3c2ccccc2N4c2ccccc2[Si](c2ccccc2)(c2ccccc2)c2ccccc2)cc1. The zero-order valence-corrected chi connectivity index (χ0v) is 51.6. The first-order chi connectivity index (χ1) is 44.7. The van der Waals surface area contributed by atoms with E-state index in [4.69, 9.17) is 0 Å². The van der Waals surface area contributed by atoms with Crippen molar-refractivity contribution in [2.45, 2.75) is 0 Å². The molecule has 1 aromatic heterocycles. The van der Waals surface area contributed by atoms with Crippen LogP contribution in [0, 0.1) is 0 Å². The van der Waals surface area contributed by atoms with Crippen molar-refractivity contribution in [3.8, 4) is 16.8 Å². The summed E-state index contributed by atoms with van der Waals surface area (Å²) in [4.78, 5) is 5.38. The van der Waals surface area contributed by atoms with E-state index in [2.05, 4.69) is 378 Å². The highest BCUT2D eigenvalue weighted by atomic mass is 28.3. The van der Waals surface area contributed by atoms with E-state index in [0.29, 0.717) is 0 Å². The summed E-state index contributed by atoms with van der Waals surface area (Å²) in [5.74, 6) is 0. The van der Waals surface area contributed by atoms with Gasteiger partial charge in [0.1, 0.15) is 0 Å². The number of fused-ring (bicyclic) bond motifs is 7. The second kappa shape index (κ2) is 22.0. The fourth-order valence-corrected chi connectivity index (χ4v) is 25.5. The third-order valence-corrected chi connectivity index (χ3v) is 28.9. The summed E-state index contributed by atoms with van der Waals surface area (Å²) in [7, 11) is -6.39. The molecule has 0 unspecified atom stereocenters. The summed E-state index contributed by atoms with van der Waals surface area (Å²) in [6.07, 6.45) is 0. The van der Waals surface area contributed by atoms with Crippen LogP contribution >= 0.6 is 0 Å². The molecule has 15 aromatic rings. The summed E-state index contributed by atoms with van der Waals surface area (Å²) in [5, 5.41) is 13.0. The maximum atomic E-state index is 2.70. The topological polar surface area (TPSA) is 11.4 Å². The van der Waals surface area contributed by atoms with Gasteiger partial charge in [-0.25, -0.2) is 0 Å². The van der Waals surface area contributed by atoms with E-state index in [0.717, 1.165) is 45.2 Å². The van der Waals surface area contributed by atoms with Gasteiger partial charge in [-0.1, -0.05) is 315 Å². The predicted octanol–water partition coefficient (Wildman–Crippen LogP) is 13.3. The second-order valence-corrected chi connectivity index (χ2v) is 31.3. The lowest BCUT2D eigenvalue weighted by Crippen LogP contribution is -2.75. The molecule has 2 aliphatic rings. The lowest BCUT2D eigenvalue weighted by atomic mass is 9.33. The summed E-state index contributed by atoms with van der Waals surface area (Å²) in [6.45, 7) is -0.149. The Balaban J connectivity index is 1.04. The maximum Gasteiger partial charge on any atom is 0.252 e. The summed E-state index contributed by atoms with van der Waals surface area (Å²) in [6, 6.07) is 138. The minimum atomic E-state index is -3.21. The van der Waals surface area contributed by atoms with Crippen LogP contribution in [0.15, 0.2) is 364 Å². The Labute approximate surface area is 528 Å². The molecule has 0 amide bonds. The van der Waals surface area contributed by atoms with Crippen LogP contribution < -0.4 is 67.7 Å². The number of benzene rings is 14.